The molecule has 3 nitrogen and oxygen atoms in total. The first-order chi connectivity index (χ1) is 7.84. The topological polar surface area (TPSA) is 52.5 Å². The molecule has 0 aliphatic rings. The van der Waals surface area contributed by atoms with E-state index in [0.29, 0.717) is 4.47 Å². The van der Waals surface area contributed by atoms with E-state index in [1.165, 1.54) is 12.1 Å². The number of benzene rings is 1. The Kier molecular flexibility index (Phi) is 4.79. The third-order valence-electron chi connectivity index (χ3n) is 2.03. The molecular formula is C10H11BrF3NO2. The Hall–Kier alpha value is -0.790. The first-order valence-corrected chi connectivity index (χ1v) is 5.53. The molecule has 0 radical (unpaired) electrons. The molecule has 0 unspecified atom stereocenters. The minimum absolute atomic E-state index is 0.131. The highest BCUT2D eigenvalue weighted by atomic mass is 79.9. The fourth-order valence-electron chi connectivity index (χ4n) is 1.20. The van der Waals surface area contributed by atoms with Gasteiger partial charge < -0.3 is 15.5 Å². The Labute approximate surface area is 104 Å². The number of aliphatic hydroxyl groups excluding tert-OH is 2. The maximum absolute atomic E-state index is 12.7. The van der Waals surface area contributed by atoms with E-state index >= 15 is 0 Å². The van der Waals surface area contributed by atoms with Gasteiger partial charge >= 0.3 is 6.18 Å². The molecule has 0 aromatic heterocycles. The van der Waals surface area contributed by atoms with Crippen LogP contribution in [0.2, 0.25) is 0 Å². The van der Waals surface area contributed by atoms with Crippen molar-refractivity contribution in [1.29, 1.82) is 0 Å². The Balaban J connectivity index is 2.91. The van der Waals surface area contributed by atoms with Crippen LogP contribution in [0.25, 0.3) is 0 Å². The number of hydrogen-bond donors (Lipinski definition) is 3. The first-order valence-electron chi connectivity index (χ1n) is 4.74. The minimum atomic E-state index is -4.48. The third kappa shape index (κ3) is 4.18. The van der Waals surface area contributed by atoms with E-state index < -0.39 is 24.5 Å². The Bertz CT molecular complexity index is 384. The molecule has 0 saturated carbocycles. The lowest BCUT2D eigenvalue weighted by Gasteiger charge is -2.16. The van der Waals surface area contributed by atoms with E-state index in [1.54, 1.807) is 0 Å². The zero-order valence-electron chi connectivity index (χ0n) is 8.63. The Morgan fingerprint density at radius 3 is 2.53 bits per heavy atom. The molecule has 1 atom stereocenters. The molecule has 1 rings (SSSR count). The van der Waals surface area contributed by atoms with E-state index in [1.807, 2.05) is 0 Å². The Morgan fingerprint density at radius 1 is 1.35 bits per heavy atom. The predicted octanol–water partition coefficient (Wildman–Crippen LogP) is 2.23. The predicted molar refractivity (Wildman–Crippen MR) is 60.7 cm³/mol. The lowest BCUT2D eigenvalue weighted by Crippen LogP contribution is -2.24. The van der Waals surface area contributed by atoms with Crippen molar-refractivity contribution in [3.05, 3.63) is 28.2 Å². The van der Waals surface area contributed by atoms with Gasteiger partial charge in [0.15, 0.2) is 0 Å². The maximum atomic E-state index is 12.7. The molecule has 7 heteroatoms. The molecule has 0 saturated heterocycles. The molecule has 0 fully saturated rings. The molecule has 0 spiro atoms. The van der Waals surface area contributed by atoms with E-state index in [9.17, 15) is 13.2 Å². The Morgan fingerprint density at radius 2 is 2.00 bits per heavy atom. The molecule has 1 aromatic rings. The zero-order chi connectivity index (χ0) is 13.1. The van der Waals surface area contributed by atoms with Gasteiger partial charge in [-0.15, -0.1) is 0 Å². The van der Waals surface area contributed by atoms with Gasteiger partial charge in [0.2, 0.25) is 0 Å². The quantitative estimate of drug-likeness (QED) is 0.799. The summed E-state index contributed by atoms with van der Waals surface area (Å²) < 4.78 is 38.3. The second kappa shape index (κ2) is 5.70. The fraction of sp³-hybridized carbons (Fsp3) is 0.400. The monoisotopic (exact) mass is 313 g/mol. The summed E-state index contributed by atoms with van der Waals surface area (Å²) in [6, 6.07) is 3.67. The van der Waals surface area contributed by atoms with Crippen LogP contribution < -0.4 is 5.32 Å². The average Bonchev–Trinajstić information content (AvgIpc) is 2.25. The van der Waals surface area contributed by atoms with Gasteiger partial charge in [-0.25, -0.2) is 0 Å². The van der Waals surface area contributed by atoms with Crippen LogP contribution in [0.15, 0.2) is 22.7 Å². The van der Waals surface area contributed by atoms with Crippen molar-refractivity contribution in [2.24, 2.45) is 0 Å². The molecule has 17 heavy (non-hydrogen) atoms. The zero-order valence-corrected chi connectivity index (χ0v) is 10.2. The lowest BCUT2D eigenvalue weighted by molar-refractivity contribution is -0.137. The molecule has 0 aliphatic heterocycles. The highest BCUT2D eigenvalue weighted by Gasteiger charge is 2.33. The van der Waals surface area contributed by atoms with Crippen LogP contribution in [0.3, 0.4) is 0 Å². The minimum Gasteiger partial charge on any atom is -0.394 e. The van der Waals surface area contributed by atoms with Crippen molar-refractivity contribution in [1.82, 2.24) is 0 Å². The third-order valence-corrected chi connectivity index (χ3v) is 2.52. The standard InChI is InChI=1S/C10H11BrF3NO2/c11-6-1-2-9(15-4-7(17)5-16)8(3-6)10(12,13)14/h1-3,7,15-17H,4-5H2/t7-/m0/s1. The number of rotatable bonds is 4. The number of anilines is 1. The highest BCUT2D eigenvalue weighted by Crippen LogP contribution is 2.36. The summed E-state index contributed by atoms with van der Waals surface area (Å²) in [5, 5.41) is 20.1. The molecule has 3 N–H and O–H groups in total. The van der Waals surface area contributed by atoms with E-state index in [4.69, 9.17) is 10.2 Å². The summed E-state index contributed by atoms with van der Waals surface area (Å²) in [6.45, 7) is -0.661. The van der Waals surface area contributed by atoms with Crippen molar-refractivity contribution < 1.29 is 23.4 Å². The number of hydrogen-bond acceptors (Lipinski definition) is 3. The number of alkyl halides is 3. The van der Waals surface area contributed by atoms with Gasteiger partial charge in [0.25, 0.3) is 0 Å². The second-order valence-corrected chi connectivity index (χ2v) is 4.32. The first kappa shape index (κ1) is 14.3. The van der Waals surface area contributed by atoms with Gasteiger partial charge in [0.05, 0.1) is 18.3 Å². The van der Waals surface area contributed by atoms with E-state index in [2.05, 4.69) is 21.2 Å². The van der Waals surface area contributed by atoms with Crippen LogP contribution in [0.1, 0.15) is 5.56 Å². The van der Waals surface area contributed by atoms with Crippen LogP contribution in [0.5, 0.6) is 0 Å². The highest BCUT2D eigenvalue weighted by molar-refractivity contribution is 9.10. The summed E-state index contributed by atoms with van der Waals surface area (Å²) in [5.74, 6) is 0. The van der Waals surface area contributed by atoms with Crippen molar-refractivity contribution in [3.63, 3.8) is 0 Å². The number of nitrogens with one attached hydrogen (secondary N) is 1. The number of halogens is 4. The van der Waals surface area contributed by atoms with Gasteiger partial charge in [0.1, 0.15) is 0 Å². The van der Waals surface area contributed by atoms with Gasteiger partial charge in [-0.2, -0.15) is 13.2 Å². The normalized spacial score (nSPS) is 13.5. The summed E-state index contributed by atoms with van der Waals surface area (Å²) in [5.41, 5.74) is -0.954. The number of aliphatic hydroxyl groups is 2. The molecule has 1 aromatic carbocycles. The van der Waals surface area contributed by atoms with Crippen molar-refractivity contribution >= 4 is 21.6 Å². The maximum Gasteiger partial charge on any atom is 0.418 e. The van der Waals surface area contributed by atoms with Gasteiger partial charge in [-0.3, -0.25) is 0 Å². The summed E-state index contributed by atoms with van der Waals surface area (Å²) in [7, 11) is 0. The molecule has 0 bridgehead atoms. The summed E-state index contributed by atoms with van der Waals surface area (Å²) in [4.78, 5) is 0. The summed E-state index contributed by atoms with van der Waals surface area (Å²) >= 11 is 2.97. The van der Waals surface area contributed by atoms with Gasteiger partial charge in [0, 0.05) is 16.7 Å². The lowest BCUT2D eigenvalue weighted by atomic mass is 10.1. The van der Waals surface area contributed by atoms with Gasteiger partial charge in [-0.1, -0.05) is 15.9 Å². The SMILES string of the molecule is OC[C@@H](O)CNc1ccc(Br)cc1C(F)(F)F. The van der Waals surface area contributed by atoms with E-state index in [-0.39, 0.29) is 12.2 Å². The molecule has 0 aliphatic carbocycles. The van der Waals surface area contributed by atoms with Crippen LogP contribution >= 0.6 is 15.9 Å². The van der Waals surface area contributed by atoms with Crippen LogP contribution in [0.4, 0.5) is 18.9 Å². The molecular weight excluding hydrogens is 303 g/mol. The van der Waals surface area contributed by atoms with Crippen molar-refractivity contribution in [2.45, 2.75) is 12.3 Å². The van der Waals surface area contributed by atoms with Crippen molar-refractivity contribution in [2.75, 3.05) is 18.5 Å². The van der Waals surface area contributed by atoms with E-state index in [0.717, 1.165) is 6.07 Å². The average molecular weight is 314 g/mol. The second-order valence-electron chi connectivity index (χ2n) is 3.40. The van der Waals surface area contributed by atoms with Gasteiger partial charge in [-0.05, 0) is 18.2 Å². The fourth-order valence-corrected chi connectivity index (χ4v) is 1.56. The van der Waals surface area contributed by atoms with Crippen molar-refractivity contribution in [3.8, 4) is 0 Å². The molecule has 96 valence electrons. The summed E-state index contributed by atoms with van der Waals surface area (Å²) in [6.07, 6.45) is -5.57. The van der Waals surface area contributed by atoms with Crippen LogP contribution in [-0.2, 0) is 6.18 Å². The van der Waals surface area contributed by atoms with Crippen LogP contribution in [-0.4, -0.2) is 29.5 Å². The van der Waals surface area contributed by atoms with Crippen LogP contribution in [0, 0.1) is 0 Å². The molecule has 0 amide bonds. The molecule has 0 heterocycles. The largest absolute Gasteiger partial charge is 0.418 e. The smallest absolute Gasteiger partial charge is 0.394 e.